The molecule has 5 nitrogen and oxygen atoms in total. The van der Waals surface area contributed by atoms with Gasteiger partial charge in [-0.3, -0.25) is 4.79 Å². The molecule has 0 radical (unpaired) electrons. The molecule has 1 saturated heterocycles. The van der Waals surface area contributed by atoms with Crippen LogP contribution in [0, 0.1) is 0 Å². The normalized spacial score (nSPS) is 14.2. The number of rotatable bonds is 5. The van der Waals surface area contributed by atoms with E-state index in [-0.39, 0.29) is 5.91 Å². The number of amides is 1. The number of halogens is 2. The number of ether oxygens (including phenoxy) is 2. The predicted octanol–water partition coefficient (Wildman–Crippen LogP) is 4.36. The van der Waals surface area contributed by atoms with Gasteiger partial charge in [-0.25, -0.2) is 0 Å². The zero-order chi connectivity index (χ0) is 19.4. The largest absolute Gasteiger partial charge is 0.494 e. The molecule has 144 valence electrons. The number of nitrogens with zero attached hydrogens (tertiary/aromatic N) is 2. The summed E-state index contributed by atoms with van der Waals surface area (Å²) in [6.45, 7) is 5.27. The molecule has 1 heterocycles. The molecule has 0 bridgehead atoms. The number of para-hydroxylation sites is 2. The second-order valence-electron chi connectivity index (χ2n) is 6.15. The Morgan fingerprint density at radius 1 is 1.07 bits per heavy atom. The molecule has 2 aromatic rings. The van der Waals surface area contributed by atoms with Gasteiger partial charge in [-0.15, -0.1) is 0 Å². The van der Waals surface area contributed by atoms with Gasteiger partial charge in [0.1, 0.15) is 5.75 Å². The van der Waals surface area contributed by atoms with E-state index in [2.05, 4.69) is 4.90 Å². The first-order valence-electron chi connectivity index (χ1n) is 8.84. The Labute approximate surface area is 169 Å². The molecule has 0 aromatic heterocycles. The first-order valence-corrected chi connectivity index (χ1v) is 9.59. The van der Waals surface area contributed by atoms with Gasteiger partial charge in [0, 0.05) is 31.7 Å². The number of hydrogen-bond donors (Lipinski definition) is 0. The second-order valence-corrected chi connectivity index (χ2v) is 6.97. The van der Waals surface area contributed by atoms with Crippen molar-refractivity contribution in [3.8, 4) is 11.5 Å². The standard InChI is InChI=1S/C20H22Cl2N2O3/c1-3-27-18-7-5-4-6-17(18)23-8-10-24(11-9-23)20(25)14-12-15(21)19(26-2)16(22)13-14/h4-7,12-13H,3,8-11H2,1-2H3. The summed E-state index contributed by atoms with van der Waals surface area (Å²) in [7, 11) is 1.49. The van der Waals surface area contributed by atoms with Gasteiger partial charge in [0.15, 0.2) is 5.75 Å². The summed E-state index contributed by atoms with van der Waals surface area (Å²) in [4.78, 5) is 16.9. The van der Waals surface area contributed by atoms with Gasteiger partial charge in [0.25, 0.3) is 5.91 Å². The molecule has 1 aliphatic heterocycles. The van der Waals surface area contributed by atoms with Crippen LogP contribution in [-0.2, 0) is 0 Å². The Kier molecular flexibility index (Phi) is 6.34. The molecule has 3 rings (SSSR count). The number of methoxy groups -OCH3 is 1. The zero-order valence-electron chi connectivity index (χ0n) is 15.4. The maximum absolute atomic E-state index is 12.8. The van der Waals surface area contributed by atoms with Crippen LogP contribution in [0.25, 0.3) is 0 Å². The third-order valence-electron chi connectivity index (χ3n) is 4.52. The average molecular weight is 409 g/mol. The number of piperazine rings is 1. The molecule has 0 N–H and O–H groups in total. The summed E-state index contributed by atoms with van der Waals surface area (Å²) in [5.74, 6) is 1.17. The van der Waals surface area contributed by atoms with E-state index in [1.807, 2.05) is 36.1 Å². The Morgan fingerprint density at radius 3 is 2.30 bits per heavy atom. The van der Waals surface area contributed by atoms with Crippen LogP contribution < -0.4 is 14.4 Å². The molecule has 0 unspecified atom stereocenters. The highest BCUT2D eigenvalue weighted by atomic mass is 35.5. The van der Waals surface area contributed by atoms with E-state index in [0.717, 1.165) is 24.5 Å². The lowest BCUT2D eigenvalue weighted by molar-refractivity contribution is 0.0746. The minimum absolute atomic E-state index is 0.0841. The molecule has 27 heavy (non-hydrogen) atoms. The quantitative estimate of drug-likeness (QED) is 0.736. The van der Waals surface area contributed by atoms with Crippen molar-refractivity contribution in [1.82, 2.24) is 4.90 Å². The minimum atomic E-state index is -0.0841. The van der Waals surface area contributed by atoms with Crippen molar-refractivity contribution >= 4 is 34.8 Å². The molecular weight excluding hydrogens is 387 g/mol. The Balaban J connectivity index is 1.70. The van der Waals surface area contributed by atoms with E-state index >= 15 is 0 Å². The lowest BCUT2D eigenvalue weighted by Gasteiger charge is -2.36. The van der Waals surface area contributed by atoms with Gasteiger partial charge < -0.3 is 19.3 Å². The molecule has 0 aliphatic carbocycles. The van der Waals surface area contributed by atoms with Crippen molar-refractivity contribution in [2.24, 2.45) is 0 Å². The topological polar surface area (TPSA) is 42.0 Å². The van der Waals surface area contributed by atoms with Crippen molar-refractivity contribution < 1.29 is 14.3 Å². The number of carbonyl (C=O) groups excluding carboxylic acids is 1. The number of hydrogen-bond acceptors (Lipinski definition) is 4. The van der Waals surface area contributed by atoms with E-state index in [1.54, 1.807) is 12.1 Å². The fraction of sp³-hybridized carbons (Fsp3) is 0.350. The highest BCUT2D eigenvalue weighted by Crippen LogP contribution is 2.34. The van der Waals surface area contributed by atoms with Gasteiger partial charge in [-0.05, 0) is 31.2 Å². The SMILES string of the molecule is CCOc1ccccc1N1CCN(C(=O)c2cc(Cl)c(OC)c(Cl)c2)CC1. The minimum Gasteiger partial charge on any atom is -0.494 e. The van der Waals surface area contributed by atoms with Crippen molar-refractivity contribution in [2.75, 3.05) is 44.8 Å². The van der Waals surface area contributed by atoms with Crippen molar-refractivity contribution in [2.45, 2.75) is 6.92 Å². The second kappa shape index (κ2) is 8.72. The van der Waals surface area contributed by atoms with Gasteiger partial charge in [0.05, 0.1) is 29.4 Å². The fourth-order valence-corrected chi connectivity index (χ4v) is 3.85. The van der Waals surface area contributed by atoms with Crippen LogP contribution in [0.3, 0.4) is 0 Å². The fourth-order valence-electron chi connectivity index (χ4n) is 3.21. The molecule has 1 aliphatic rings. The monoisotopic (exact) mass is 408 g/mol. The third-order valence-corrected chi connectivity index (χ3v) is 5.08. The van der Waals surface area contributed by atoms with Crippen LogP contribution >= 0.6 is 23.2 Å². The van der Waals surface area contributed by atoms with Gasteiger partial charge in [0.2, 0.25) is 0 Å². The highest BCUT2D eigenvalue weighted by molar-refractivity contribution is 6.37. The van der Waals surface area contributed by atoms with Crippen LogP contribution in [0.2, 0.25) is 10.0 Å². The highest BCUT2D eigenvalue weighted by Gasteiger charge is 2.25. The molecule has 7 heteroatoms. The van der Waals surface area contributed by atoms with E-state index in [9.17, 15) is 4.79 Å². The smallest absolute Gasteiger partial charge is 0.254 e. The molecule has 1 fully saturated rings. The summed E-state index contributed by atoms with van der Waals surface area (Å²) < 4.78 is 10.9. The van der Waals surface area contributed by atoms with Crippen molar-refractivity contribution in [1.29, 1.82) is 0 Å². The molecule has 2 aromatic carbocycles. The molecular formula is C20H22Cl2N2O3. The lowest BCUT2D eigenvalue weighted by Crippen LogP contribution is -2.48. The van der Waals surface area contributed by atoms with E-state index in [1.165, 1.54) is 7.11 Å². The number of benzene rings is 2. The summed E-state index contributed by atoms with van der Waals surface area (Å²) in [6.07, 6.45) is 0. The molecule has 0 spiro atoms. The van der Waals surface area contributed by atoms with Crippen LogP contribution in [0.4, 0.5) is 5.69 Å². The van der Waals surface area contributed by atoms with Gasteiger partial charge in [-0.2, -0.15) is 0 Å². The average Bonchev–Trinajstić information content (AvgIpc) is 2.68. The first-order chi connectivity index (χ1) is 13.0. The zero-order valence-corrected chi connectivity index (χ0v) is 16.9. The van der Waals surface area contributed by atoms with E-state index < -0.39 is 0 Å². The lowest BCUT2D eigenvalue weighted by atomic mass is 10.1. The molecule has 0 atom stereocenters. The van der Waals surface area contributed by atoms with Crippen LogP contribution in [0.1, 0.15) is 17.3 Å². The Morgan fingerprint density at radius 2 is 1.70 bits per heavy atom. The van der Waals surface area contributed by atoms with Crippen LogP contribution in [-0.4, -0.2) is 50.7 Å². The number of carbonyl (C=O) groups is 1. The maximum Gasteiger partial charge on any atom is 0.254 e. The van der Waals surface area contributed by atoms with E-state index in [4.69, 9.17) is 32.7 Å². The third kappa shape index (κ3) is 4.25. The summed E-state index contributed by atoms with van der Waals surface area (Å²) in [5.41, 5.74) is 1.52. The van der Waals surface area contributed by atoms with Crippen LogP contribution in [0.5, 0.6) is 11.5 Å². The Bertz CT molecular complexity index is 798. The molecule has 0 saturated carbocycles. The van der Waals surface area contributed by atoms with Crippen LogP contribution in [0.15, 0.2) is 36.4 Å². The maximum atomic E-state index is 12.8. The summed E-state index contributed by atoms with van der Waals surface area (Å²) in [6, 6.07) is 11.2. The van der Waals surface area contributed by atoms with E-state index in [0.29, 0.717) is 41.1 Å². The van der Waals surface area contributed by atoms with Gasteiger partial charge >= 0.3 is 0 Å². The first kappa shape index (κ1) is 19.6. The van der Waals surface area contributed by atoms with Gasteiger partial charge in [-0.1, -0.05) is 35.3 Å². The molecule has 1 amide bonds. The summed E-state index contributed by atoms with van der Waals surface area (Å²) >= 11 is 12.3. The number of anilines is 1. The van der Waals surface area contributed by atoms with Crippen molar-refractivity contribution in [3.05, 3.63) is 52.0 Å². The predicted molar refractivity (Wildman–Crippen MR) is 109 cm³/mol. The van der Waals surface area contributed by atoms with Crippen molar-refractivity contribution in [3.63, 3.8) is 0 Å². The Hall–Kier alpha value is -2.11. The summed E-state index contributed by atoms with van der Waals surface area (Å²) in [5, 5.41) is 0.662.